The molecule has 0 atom stereocenters. The summed E-state index contributed by atoms with van der Waals surface area (Å²) in [7, 11) is 1.51. The van der Waals surface area contributed by atoms with Crippen LogP contribution in [0.2, 0.25) is 0 Å². The van der Waals surface area contributed by atoms with Gasteiger partial charge in [-0.25, -0.2) is 0 Å². The van der Waals surface area contributed by atoms with Crippen molar-refractivity contribution in [2.24, 2.45) is 0 Å². The monoisotopic (exact) mass is 94.0 g/mol. The summed E-state index contributed by atoms with van der Waals surface area (Å²) in [5.41, 5.74) is 0. The van der Waals surface area contributed by atoms with E-state index in [9.17, 15) is 0 Å². The minimum atomic E-state index is 0.0382. The van der Waals surface area contributed by atoms with Gasteiger partial charge in [-0.15, -0.1) is 0 Å². The molecule has 0 aromatic heterocycles. The van der Waals surface area contributed by atoms with Crippen LogP contribution in [0.3, 0.4) is 0 Å². The Kier molecular flexibility index (Phi) is 4.50. The van der Waals surface area contributed by atoms with Gasteiger partial charge in [-0.1, -0.05) is 0 Å². The summed E-state index contributed by atoms with van der Waals surface area (Å²) in [5.74, 6) is 0.0382. The molecule has 0 heterocycles. The van der Waals surface area contributed by atoms with Crippen LogP contribution in [0.25, 0.3) is 0 Å². The summed E-state index contributed by atoms with van der Waals surface area (Å²) in [4.78, 5) is 0. The number of aliphatic hydroxyl groups is 1. The Bertz CT molecular complexity index is 15.1. The minimum absolute atomic E-state index is 0.0382. The van der Waals surface area contributed by atoms with Crippen molar-refractivity contribution in [3.63, 3.8) is 0 Å². The number of aliphatic hydroxyl groups excluding tert-OH is 1. The molecule has 0 saturated carbocycles. The first-order chi connectivity index (χ1) is 2.41. The van der Waals surface area contributed by atoms with Gasteiger partial charge in [0.05, 0.1) is 7.11 Å². The lowest BCUT2D eigenvalue weighted by Gasteiger charge is -1.82. The van der Waals surface area contributed by atoms with E-state index in [0.717, 1.165) is 12.0 Å². The first-order valence-electron chi connectivity index (χ1n) is 1.18. The molecule has 0 amide bonds. The van der Waals surface area contributed by atoms with Gasteiger partial charge in [0.2, 0.25) is 0 Å². The maximum atomic E-state index is 7.90. The third-order valence-electron chi connectivity index (χ3n) is 0.171. The molecule has 0 aromatic rings. The Labute approximate surface area is 35.3 Å². The zero-order chi connectivity index (χ0) is 4.12. The van der Waals surface area contributed by atoms with E-state index in [-0.39, 0.29) is 5.94 Å². The summed E-state index contributed by atoms with van der Waals surface area (Å²) in [6.07, 6.45) is 0. The molecule has 0 radical (unpaired) electrons. The molecule has 32 valence electrons. The Morgan fingerprint density at radius 1 is 2.00 bits per heavy atom. The molecule has 3 heteroatoms. The molecule has 0 aliphatic heterocycles. The molecular formula is C2H6O2S. The van der Waals surface area contributed by atoms with Crippen LogP contribution in [0, 0.1) is 0 Å². The molecule has 0 bridgehead atoms. The van der Waals surface area contributed by atoms with Gasteiger partial charge < -0.3 is 9.29 Å². The topological polar surface area (TPSA) is 29.5 Å². The quantitative estimate of drug-likeness (QED) is 0.392. The number of hydrogen-bond acceptors (Lipinski definition) is 3. The van der Waals surface area contributed by atoms with E-state index >= 15 is 0 Å². The fraction of sp³-hybridized carbons (Fsp3) is 1.00. The maximum Gasteiger partial charge on any atom is 0.115 e. The smallest absolute Gasteiger partial charge is 0.115 e. The van der Waals surface area contributed by atoms with Crippen LogP contribution in [-0.4, -0.2) is 18.2 Å². The second-order valence-electron chi connectivity index (χ2n) is 0.414. The average Bonchev–Trinajstić information content (AvgIpc) is 1.41. The zero-order valence-corrected chi connectivity index (χ0v) is 3.79. The van der Waals surface area contributed by atoms with Gasteiger partial charge in [0.15, 0.2) is 0 Å². The van der Waals surface area contributed by atoms with Crippen LogP contribution in [0.1, 0.15) is 0 Å². The fourth-order valence-electron chi connectivity index (χ4n) is 0.0527. The third kappa shape index (κ3) is 4.27. The van der Waals surface area contributed by atoms with Crippen LogP contribution in [0.15, 0.2) is 0 Å². The van der Waals surface area contributed by atoms with E-state index in [4.69, 9.17) is 5.11 Å². The lowest BCUT2D eigenvalue weighted by Crippen LogP contribution is -1.69. The number of rotatable bonds is 2. The van der Waals surface area contributed by atoms with Crippen molar-refractivity contribution >= 4 is 12.0 Å². The molecule has 0 rings (SSSR count). The summed E-state index contributed by atoms with van der Waals surface area (Å²) in [5, 5.41) is 7.90. The van der Waals surface area contributed by atoms with Gasteiger partial charge >= 0.3 is 0 Å². The van der Waals surface area contributed by atoms with Gasteiger partial charge in [-0.05, 0) is 0 Å². The molecular weight excluding hydrogens is 88.1 g/mol. The van der Waals surface area contributed by atoms with Gasteiger partial charge in [-0.2, -0.15) is 0 Å². The first kappa shape index (κ1) is 5.27. The van der Waals surface area contributed by atoms with Crippen LogP contribution < -0.4 is 0 Å². The highest BCUT2D eigenvalue weighted by Crippen LogP contribution is 1.91. The second kappa shape index (κ2) is 4.27. The zero-order valence-electron chi connectivity index (χ0n) is 2.97. The third-order valence-corrected chi connectivity index (χ3v) is 0.512. The highest BCUT2D eigenvalue weighted by atomic mass is 32.2. The van der Waals surface area contributed by atoms with Gasteiger partial charge in [0, 0.05) is 12.0 Å². The lowest BCUT2D eigenvalue weighted by atomic mass is 11.7. The van der Waals surface area contributed by atoms with Crippen LogP contribution in [0.5, 0.6) is 0 Å². The molecule has 0 aromatic carbocycles. The highest BCUT2D eigenvalue weighted by molar-refractivity contribution is 7.94. The summed E-state index contributed by atoms with van der Waals surface area (Å²) < 4.78 is 4.36. The maximum absolute atomic E-state index is 7.90. The van der Waals surface area contributed by atoms with E-state index < -0.39 is 0 Å². The molecule has 0 saturated heterocycles. The van der Waals surface area contributed by atoms with Gasteiger partial charge in [-0.3, -0.25) is 0 Å². The van der Waals surface area contributed by atoms with Gasteiger partial charge in [0.1, 0.15) is 5.94 Å². The SMILES string of the molecule is COSCO. The standard InChI is InChI=1S/C2H6O2S/c1-4-5-2-3/h3H,2H2,1H3. The van der Waals surface area contributed by atoms with E-state index in [0.29, 0.717) is 0 Å². The van der Waals surface area contributed by atoms with E-state index in [1.807, 2.05) is 0 Å². The Hall–Kier alpha value is 0.270. The molecule has 1 N–H and O–H groups in total. The fourth-order valence-corrected chi connectivity index (χ4v) is 0.158. The van der Waals surface area contributed by atoms with Crippen molar-refractivity contribution < 1.29 is 9.29 Å². The van der Waals surface area contributed by atoms with E-state index in [1.54, 1.807) is 0 Å². The van der Waals surface area contributed by atoms with Crippen molar-refractivity contribution in [2.45, 2.75) is 0 Å². The van der Waals surface area contributed by atoms with Crippen LogP contribution in [0.4, 0.5) is 0 Å². The van der Waals surface area contributed by atoms with Crippen molar-refractivity contribution in [1.29, 1.82) is 0 Å². The van der Waals surface area contributed by atoms with Crippen LogP contribution in [-0.2, 0) is 4.18 Å². The summed E-state index contributed by atoms with van der Waals surface area (Å²) >= 11 is 1.02. The normalized spacial score (nSPS) is 8.40. The predicted octanol–water partition coefficient (Wildman–Crippen LogP) is 0.231. The van der Waals surface area contributed by atoms with Crippen molar-refractivity contribution in [3.05, 3.63) is 0 Å². The molecule has 0 aliphatic rings. The van der Waals surface area contributed by atoms with Gasteiger partial charge in [0.25, 0.3) is 0 Å². The second-order valence-corrected chi connectivity index (χ2v) is 1.24. The van der Waals surface area contributed by atoms with Crippen LogP contribution >= 0.6 is 12.0 Å². The average molecular weight is 94.1 g/mol. The molecule has 0 unspecified atom stereocenters. The predicted molar refractivity (Wildman–Crippen MR) is 21.7 cm³/mol. The Balaban J connectivity index is 2.19. The lowest BCUT2D eigenvalue weighted by molar-refractivity contribution is 0.358. The van der Waals surface area contributed by atoms with E-state index in [2.05, 4.69) is 4.18 Å². The summed E-state index contributed by atoms with van der Waals surface area (Å²) in [6.45, 7) is 0. The Morgan fingerprint density at radius 3 is 2.60 bits per heavy atom. The van der Waals surface area contributed by atoms with Crippen molar-refractivity contribution in [2.75, 3.05) is 13.0 Å². The van der Waals surface area contributed by atoms with Crippen molar-refractivity contribution in [1.82, 2.24) is 0 Å². The number of hydrogen-bond donors (Lipinski definition) is 1. The van der Waals surface area contributed by atoms with Crippen molar-refractivity contribution in [3.8, 4) is 0 Å². The molecule has 0 fully saturated rings. The highest BCUT2D eigenvalue weighted by Gasteiger charge is 1.68. The first-order valence-corrected chi connectivity index (χ1v) is 2.09. The largest absolute Gasteiger partial charge is 0.383 e. The minimum Gasteiger partial charge on any atom is -0.383 e. The molecule has 0 spiro atoms. The summed E-state index contributed by atoms with van der Waals surface area (Å²) in [6, 6.07) is 0. The van der Waals surface area contributed by atoms with E-state index in [1.165, 1.54) is 7.11 Å². The molecule has 5 heavy (non-hydrogen) atoms. The molecule has 0 aliphatic carbocycles. The Morgan fingerprint density at radius 2 is 2.60 bits per heavy atom. The molecule has 2 nitrogen and oxygen atoms in total.